The molecule has 2 aromatic heterocycles. The van der Waals surface area contributed by atoms with Crippen molar-refractivity contribution >= 4 is 26.9 Å². The van der Waals surface area contributed by atoms with Crippen molar-refractivity contribution < 1.29 is 8.42 Å². The van der Waals surface area contributed by atoms with Gasteiger partial charge in [-0.05, 0) is 43.9 Å². The van der Waals surface area contributed by atoms with Crippen molar-refractivity contribution in [2.75, 3.05) is 45.2 Å². The molecule has 2 aromatic carbocycles. The summed E-state index contributed by atoms with van der Waals surface area (Å²) in [6.07, 6.45) is 7.41. The van der Waals surface area contributed by atoms with Gasteiger partial charge < -0.3 is 10.6 Å². The van der Waals surface area contributed by atoms with Gasteiger partial charge in [-0.2, -0.15) is 5.10 Å². The van der Waals surface area contributed by atoms with Crippen LogP contribution in [0.2, 0.25) is 0 Å². The third kappa shape index (κ3) is 6.13. The summed E-state index contributed by atoms with van der Waals surface area (Å²) >= 11 is 0. The lowest BCUT2D eigenvalue weighted by Crippen LogP contribution is -2.49. The minimum absolute atomic E-state index is 0.287. The van der Waals surface area contributed by atoms with Crippen molar-refractivity contribution in [2.45, 2.75) is 43.8 Å². The maximum absolute atomic E-state index is 12.1. The monoisotopic (exact) mass is 574 g/mol. The number of hydrogen-bond donors (Lipinski definition) is 2. The lowest BCUT2D eigenvalue weighted by Gasteiger charge is -2.41. The zero-order valence-electron chi connectivity index (χ0n) is 23.6. The predicted molar refractivity (Wildman–Crippen MR) is 162 cm³/mol. The maximum atomic E-state index is 12.1. The largest absolute Gasteiger partial charge is 0.383 e. The molecule has 1 saturated heterocycles. The highest BCUT2D eigenvalue weighted by molar-refractivity contribution is 7.88. The van der Waals surface area contributed by atoms with Gasteiger partial charge in [-0.25, -0.2) is 27.8 Å². The quantitative estimate of drug-likeness (QED) is 0.344. The van der Waals surface area contributed by atoms with Gasteiger partial charge in [0, 0.05) is 37.8 Å². The number of nitrogens with two attached hydrogens (primary N) is 1. The molecule has 1 atom stereocenters. The van der Waals surface area contributed by atoms with Gasteiger partial charge in [-0.1, -0.05) is 54.6 Å². The summed E-state index contributed by atoms with van der Waals surface area (Å²) in [7, 11) is -1.24. The number of aromatic nitrogens is 4. The van der Waals surface area contributed by atoms with E-state index < -0.39 is 16.1 Å². The molecule has 1 saturated carbocycles. The Bertz CT molecular complexity index is 1590. The lowest BCUT2D eigenvalue weighted by molar-refractivity contribution is 0.0815. The van der Waals surface area contributed by atoms with Crippen LogP contribution in [0.5, 0.6) is 0 Å². The van der Waals surface area contributed by atoms with Crippen molar-refractivity contribution in [1.29, 1.82) is 0 Å². The summed E-state index contributed by atoms with van der Waals surface area (Å²) in [5.74, 6) is 0.939. The number of nitrogens with one attached hydrogen (secondary N) is 1. The molecule has 2 aliphatic rings. The Labute approximate surface area is 241 Å². The summed E-state index contributed by atoms with van der Waals surface area (Å²) in [4.78, 5) is 14.6. The molecule has 41 heavy (non-hydrogen) atoms. The highest BCUT2D eigenvalue weighted by atomic mass is 32.2. The smallest absolute Gasteiger partial charge is 0.209 e. The fourth-order valence-corrected chi connectivity index (χ4v) is 6.91. The first-order valence-corrected chi connectivity index (χ1v) is 16.2. The Morgan fingerprint density at radius 2 is 1.51 bits per heavy atom. The van der Waals surface area contributed by atoms with Crippen LogP contribution in [0, 0.1) is 0 Å². The fraction of sp³-hybridized carbons (Fsp3) is 0.433. The van der Waals surface area contributed by atoms with Crippen LogP contribution in [0.1, 0.15) is 48.9 Å². The van der Waals surface area contributed by atoms with Crippen molar-refractivity contribution in [3.8, 4) is 11.4 Å². The normalized spacial score (nSPS) is 21.7. The van der Waals surface area contributed by atoms with E-state index in [0.717, 1.165) is 79.6 Å². The first-order chi connectivity index (χ1) is 19.7. The topological polar surface area (TPSA) is 122 Å². The molecule has 3 N–H and O–H groups in total. The fourth-order valence-electron chi connectivity index (χ4n) is 6.21. The van der Waals surface area contributed by atoms with Crippen LogP contribution in [0.4, 0.5) is 5.82 Å². The number of piperazine rings is 1. The molecule has 1 unspecified atom stereocenters. The van der Waals surface area contributed by atoms with Crippen LogP contribution in [-0.2, 0) is 10.0 Å². The van der Waals surface area contributed by atoms with E-state index >= 15 is 0 Å². The van der Waals surface area contributed by atoms with Crippen LogP contribution in [0.3, 0.4) is 0 Å². The first-order valence-electron chi connectivity index (χ1n) is 14.3. The molecule has 0 radical (unpaired) electrons. The van der Waals surface area contributed by atoms with Crippen LogP contribution >= 0.6 is 0 Å². The van der Waals surface area contributed by atoms with Gasteiger partial charge in [0.2, 0.25) is 10.0 Å². The number of rotatable bonds is 7. The Kier molecular flexibility index (Phi) is 7.78. The Hall–Kier alpha value is -3.38. The van der Waals surface area contributed by atoms with Crippen molar-refractivity contribution in [3.63, 3.8) is 0 Å². The van der Waals surface area contributed by atoms with Gasteiger partial charge in [-0.3, -0.25) is 4.90 Å². The summed E-state index contributed by atoms with van der Waals surface area (Å²) in [5, 5.41) is 5.49. The molecule has 1 aliphatic carbocycles. The van der Waals surface area contributed by atoms with E-state index in [4.69, 9.17) is 15.8 Å². The minimum Gasteiger partial charge on any atom is -0.383 e. The van der Waals surface area contributed by atoms with E-state index in [1.54, 1.807) is 6.20 Å². The molecular weight excluding hydrogens is 536 g/mol. The molecule has 0 amide bonds. The number of anilines is 1. The molecule has 3 heterocycles. The van der Waals surface area contributed by atoms with E-state index in [-0.39, 0.29) is 6.04 Å². The highest BCUT2D eigenvalue weighted by Crippen LogP contribution is 2.34. The zero-order valence-corrected chi connectivity index (χ0v) is 24.5. The third-order valence-corrected chi connectivity index (χ3v) is 9.18. The second-order valence-electron chi connectivity index (χ2n) is 11.4. The second kappa shape index (κ2) is 11.5. The van der Waals surface area contributed by atoms with Crippen LogP contribution < -0.4 is 10.5 Å². The minimum atomic E-state index is -3.44. The summed E-state index contributed by atoms with van der Waals surface area (Å²) in [6, 6.07) is 17.6. The molecule has 4 aromatic rings. The van der Waals surface area contributed by atoms with Crippen molar-refractivity contribution in [1.82, 2.24) is 34.3 Å². The van der Waals surface area contributed by atoms with Gasteiger partial charge in [0.25, 0.3) is 0 Å². The molecule has 2 fully saturated rings. The molecular formula is C30H38N8O2S. The van der Waals surface area contributed by atoms with E-state index in [1.165, 1.54) is 6.26 Å². The number of sulfonamides is 1. The Morgan fingerprint density at radius 3 is 2.17 bits per heavy atom. The summed E-state index contributed by atoms with van der Waals surface area (Å²) in [5.41, 5.74) is 9.65. The molecule has 0 spiro atoms. The summed E-state index contributed by atoms with van der Waals surface area (Å²) < 4.78 is 29.1. The lowest BCUT2D eigenvalue weighted by atomic mass is 9.90. The number of nitrogens with zero attached hydrogens (tertiary/aromatic N) is 6. The molecule has 216 valence electrons. The molecule has 11 heteroatoms. The molecule has 0 bridgehead atoms. The third-order valence-electron chi connectivity index (χ3n) is 8.52. The van der Waals surface area contributed by atoms with Gasteiger partial charge >= 0.3 is 0 Å². The van der Waals surface area contributed by atoms with Crippen LogP contribution in [0.15, 0.2) is 60.8 Å². The van der Waals surface area contributed by atoms with Gasteiger partial charge in [-0.15, -0.1) is 0 Å². The van der Waals surface area contributed by atoms with E-state index in [9.17, 15) is 8.42 Å². The second-order valence-corrected chi connectivity index (χ2v) is 13.2. The average molecular weight is 575 g/mol. The van der Waals surface area contributed by atoms with E-state index in [1.807, 2.05) is 59.3 Å². The van der Waals surface area contributed by atoms with Gasteiger partial charge in [0.05, 0.1) is 29.9 Å². The van der Waals surface area contributed by atoms with E-state index in [2.05, 4.69) is 26.6 Å². The maximum Gasteiger partial charge on any atom is 0.209 e. The number of hydrogen-bond acceptors (Lipinski definition) is 8. The number of likely N-dealkylation sites (N-methyl/N-ethyl adjacent to an activating group) is 1. The molecule has 6 rings (SSSR count). The SMILES string of the molecule is CN1CCN(C2CCC(n3ncc4c(N)nc(-c5ccc(C(NS(C)(=O)=O)c6ccccc6)cc5)nc43)CC2)CC1. The molecule has 10 nitrogen and oxygen atoms in total. The standard InChI is InChI=1S/C30H38N8O2S/c1-36-16-18-37(19-17-36)24-12-14-25(15-13-24)38-30-26(20-32-38)28(31)33-29(34-30)23-10-8-22(9-11-23)27(35-41(2,39)40)21-6-4-3-5-7-21/h3-11,20,24-25,27,35H,12-19H2,1-2H3,(H2,31,33,34). The average Bonchev–Trinajstić information content (AvgIpc) is 3.41. The van der Waals surface area contributed by atoms with Crippen molar-refractivity contribution in [3.05, 3.63) is 71.9 Å². The van der Waals surface area contributed by atoms with Crippen molar-refractivity contribution in [2.24, 2.45) is 0 Å². The van der Waals surface area contributed by atoms with Gasteiger partial charge in [0.1, 0.15) is 5.82 Å². The predicted octanol–water partition coefficient (Wildman–Crippen LogP) is 3.45. The number of benzene rings is 2. The highest BCUT2D eigenvalue weighted by Gasteiger charge is 2.30. The zero-order chi connectivity index (χ0) is 28.6. The Balaban J connectivity index is 1.23. The number of nitrogen functional groups attached to an aromatic ring is 1. The van der Waals surface area contributed by atoms with Crippen LogP contribution in [0.25, 0.3) is 22.4 Å². The summed E-state index contributed by atoms with van der Waals surface area (Å²) in [6.45, 7) is 4.59. The number of fused-ring (bicyclic) bond motifs is 1. The molecule has 1 aliphatic heterocycles. The van der Waals surface area contributed by atoms with E-state index in [0.29, 0.717) is 17.7 Å². The van der Waals surface area contributed by atoms with Gasteiger partial charge in [0.15, 0.2) is 11.5 Å². The first kappa shape index (κ1) is 27.8. The van der Waals surface area contributed by atoms with Crippen LogP contribution in [-0.4, -0.2) is 83.5 Å². The Morgan fingerprint density at radius 1 is 0.878 bits per heavy atom.